The number of nitrogens with two attached hydrogens (primary N) is 2. The van der Waals surface area contributed by atoms with Crippen LogP contribution in [0.3, 0.4) is 0 Å². The Bertz CT molecular complexity index is 1150. The second-order valence-electron chi connectivity index (χ2n) is 6.82. The predicted octanol–water partition coefficient (Wildman–Crippen LogP) is 0.429. The Kier molecular flexibility index (Phi) is 7.86. The van der Waals surface area contributed by atoms with E-state index in [-0.39, 0.29) is 24.5 Å². The Labute approximate surface area is 190 Å². The van der Waals surface area contributed by atoms with Gasteiger partial charge in [0.15, 0.2) is 5.84 Å². The number of aromatic nitrogens is 2. The SMILES string of the molecule is COc1cccc(CNC(=O)c2cc(C(=O)NCc3ccc(C(=NN)NN)cc3)ncn2)c1. The minimum Gasteiger partial charge on any atom is -0.497 e. The van der Waals surface area contributed by atoms with Gasteiger partial charge in [-0.2, -0.15) is 5.10 Å². The fraction of sp³-hybridized carbons (Fsp3) is 0.136. The zero-order chi connectivity index (χ0) is 23.6. The van der Waals surface area contributed by atoms with Gasteiger partial charge in [-0.05, 0) is 23.3 Å². The summed E-state index contributed by atoms with van der Waals surface area (Å²) in [6.07, 6.45) is 1.18. The topological polar surface area (TPSA) is 170 Å². The molecule has 0 saturated carbocycles. The normalized spacial score (nSPS) is 10.9. The third-order valence-electron chi connectivity index (χ3n) is 4.67. The molecule has 33 heavy (non-hydrogen) atoms. The van der Waals surface area contributed by atoms with Crippen LogP contribution in [-0.4, -0.2) is 34.7 Å². The molecule has 11 nitrogen and oxygen atoms in total. The maximum Gasteiger partial charge on any atom is 0.270 e. The quantitative estimate of drug-likeness (QED) is 0.143. The largest absolute Gasteiger partial charge is 0.497 e. The summed E-state index contributed by atoms with van der Waals surface area (Å²) in [5, 5.41) is 9.06. The second kappa shape index (κ2) is 11.2. The highest BCUT2D eigenvalue weighted by Gasteiger charge is 2.13. The molecule has 3 rings (SSSR count). The van der Waals surface area contributed by atoms with E-state index in [9.17, 15) is 9.59 Å². The van der Waals surface area contributed by atoms with Crippen molar-refractivity contribution in [2.75, 3.05) is 7.11 Å². The smallest absolute Gasteiger partial charge is 0.270 e. The van der Waals surface area contributed by atoms with Crippen LogP contribution in [0.25, 0.3) is 0 Å². The van der Waals surface area contributed by atoms with Gasteiger partial charge < -0.3 is 26.6 Å². The van der Waals surface area contributed by atoms with Crippen molar-refractivity contribution in [3.8, 4) is 5.75 Å². The number of hydrogen-bond donors (Lipinski definition) is 5. The highest BCUT2D eigenvalue weighted by molar-refractivity contribution is 5.98. The minimum absolute atomic E-state index is 0.0815. The van der Waals surface area contributed by atoms with Gasteiger partial charge in [-0.1, -0.05) is 36.4 Å². The van der Waals surface area contributed by atoms with Crippen molar-refractivity contribution in [1.29, 1.82) is 0 Å². The lowest BCUT2D eigenvalue weighted by Gasteiger charge is -2.09. The van der Waals surface area contributed by atoms with Gasteiger partial charge >= 0.3 is 0 Å². The summed E-state index contributed by atoms with van der Waals surface area (Å²) in [7, 11) is 1.58. The molecule has 0 atom stereocenters. The summed E-state index contributed by atoms with van der Waals surface area (Å²) < 4.78 is 5.17. The van der Waals surface area contributed by atoms with Crippen LogP contribution in [-0.2, 0) is 13.1 Å². The summed E-state index contributed by atoms with van der Waals surface area (Å²) >= 11 is 0. The van der Waals surface area contributed by atoms with Crippen LogP contribution in [0.2, 0.25) is 0 Å². The Hall–Kier alpha value is -4.51. The second-order valence-corrected chi connectivity index (χ2v) is 6.82. The molecule has 0 aliphatic carbocycles. The van der Waals surface area contributed by atoms with Crippen molar-refractivity contribution in [1.82, 2.24) is 26.0 Å². The van der Waals surface area contributed by atoms with E-state index in [0.29, 0.717) is 17.1 Å². The van der Waals surface area contributed by atoms with E-state index < -0.39 is 11.8 Å². The van der Waals surface area contributed by atoms with Crippen LogP contribution in [0.1, 0.15) is 37.7 Å². The molecular weight excluding hydrogens is 424 g/mol. The number of carbonyl (C=O) groups excluding carboxylic acids is 2. The van der Waals surface area contributed by atoms with E-state index in [0.717, 1.165) is 11.1 Å². The third-order valence-corrected chi connectivity index (χ3v) is 4.67. The molecule has 0 fully saturated rings. The number of carbonyl (C=O) groups is 2. The molecule has 3 aromatic rings. The standard InChI is InChI=1S/C22H24N8O3/c1-33-17-4-2-3-15(9-17)12-26-22(32)19-10-18(27-13-28-19)21(31)25-11-14-5-7-16(8-6-14)20(29-23)30-24/h2-10,13H,11-12,23-24H2,1H3,(H,25,31)(H,26,32)(H,29,30). The fourth-order valence-electron chi connectivity index (χ4n) is 2.91. The fourth-order valence-corrected chi connectivity index (χ4v) is 2.91. The Morgan fingerprint density at radius 1 is 0.939 bits per heavy atom. The highest BCUT2D eigenvalue weighted by atomic mass is 16.5. The van der Waals surface area contributed by atoms with Gasteiger partial charge in [0.05, 0.1) is 7.11 Å². The monoisotopic (exact) mass is 448 g/mol. The maximum atomic E-state index is 12.5. The predicted molar refractivity (Wildman–Crippen MR) is 122 cm³/mol. The lowest BCUT2D eigenvalue weighted by atomic mass is 10.1. The molecule has 0 aliphatic rings. The van der Waals surface area contributed by atoms with Crippen LogP contribution >= 0.6 is 0 Å². The first kappa shape index (κ1) is 23.2. The molecule has 0 radical (unpaired) electrons. The molecule has 1 heterocycles. The number of hydrogen-bond acceptors (Lipinski definition) is 8. The minimum atomic E-state index is -0.434. The zero-order valence-corrected chi connectivity index (χ0v) is 17.9. The van der Waals surface area contributed by atoms with Crippen LogP contribution in [0.5, 0.6) is 5.75 Å². The van der Waals surface area contributed by atoms with Gasteiger partial charge in [-0.25, -0.2) is 15.8 Å². The molecule has 0 spiro atoms. The van der Waals surface area contributed by atoms with Gasteiger partial charge in [0.1, 0.15) is 23.5 Å². The first-order valence-corrected chi connectivity index (χ1v) is 9.89. The molecule has 2 amide bonds. The van der Waals surface area contributed by atoms with Crippen molar-refractivity contribution in [3.05, 3.63) is 89.0 Å². The third kappa shape index (κ3) is 6.24. The van der Waals surface area contributed by atoms with E-state index in [1.165, 1.54) is 12.4 Å². The van der Waals surface area contributed by atoms with E-state index in [2.05, 4.69) is 31.1 Å². The summed E-state index contributed by atoms with van der Waals surface area (Å²) in [5.41, 5.74) is 4.98. The average Bonchev–Trinajstić information content (AvgIpc) is 2.87. The van der Waals surface area contributed by atoms with Crippen molar-refractivity contribution >= 4 is 17.6 Å². The lowest BCUT2D eigenvalue weighted by molar-refractivity contribution is 0.0944. The van der Waals surface area contributed by atoms with Crippen LogP contribution in [0, 0.1) is 0 Å². The Morgan fingerprint density at radius 2 is 1.58 bits per heavy atom. The summed E-state index contributed by atoms with van der Waals surface area (Å²) in [6.45, 7) is 0.541. The lowest BCUT2D eigenvalue weighted by Crippen LogP contribution is -2.32. The molecule has 1 aromatic heterocycles. The number of nitrogens with one attached hydrogen (secondary N) is 3. The van der Waals surface area contributed by atoms with Crippen molar-refractivity contribution in [2.24, 2.45) is 16.8 Å². The average molecular weight is 448 g/mol. The van der Waals surface area contributed by atoms with Crippen molar-refractivity contribution in [2.45, 2.75) is 13.1 Å². The Morgan fingerprint density at radius 3 is 2.15 bits per heavy atom. The number of hydrazone groups is 1. The van der Waals surface area contributed by atoms with E-state index >= 15 is 0 Å². The van der Waals surface area contributed by atoms with Crippen molar-refractivity contribution in [3.63, 3.8) is 0 Å². The van der Waals surface area contributed by atoms with Gasteiger partial charge in [0.25, 0.3) is 11.8 Å². The molecule has 0 aliphatic heterocycles. The molecule has 170 valence electrons. The molecule has 0 unspecified atom stereocenters. The number of ether oxygens (including phenoxy) is 1. The number of benzene rings is 2. The molecule has 7 N–H and O–H groups in total. The van der Waals surface area contributed by atoms with Gasteiger partial charge in [0.2, 0.25) is 0 Å². The van der Waals surface area contributed by atoms with E-state index in [1.807, 2.05) is 24.3 Å². The Balaban J connectivity index is 1.58. The molecule has 0 bridgehead atoms. The molecular formula is C22H24N8O3. The first-order chi connectivity index (χ1) is 16.0. The number of methoxy groups -OCH3 is 1. The summed E-state index contributed by atoms with van der Waals surface area (Å²) in [4.78, 5) is 32.9. The van der Waals surface area contributed by atoms with E-state index in [4.69, 9.17) is 16.4 Å². The van der Waals surface area contributed by atoms with Crippen LogP contribution in [0.4, 0.5) is 0 Å². The van der Waals surface area contributed by atoms with Gasteiger partial charge in [0, 0.05) is 24.7 Å². The summed E-state index contributed by atoms with van der Waals surface area (Å²) in [5.74, 6) is 10.8. The van der Waals surface area contributed by atoms with Crippen LogP contribution < -0.4 is 32.5 Å². The number of rotatable bonds is 8. The van der Waals surface area contributed by atoms with Crippen LogP contribution in [0.15, 0.2) is 66.0 Å². The van der Waals surface area contributed by atoms with Crippen molar-refractivity contribution < 1.29 is 14.3 Å². The van der Waals surface area contributed by atoms with Gasteiger partial charge in [-0.3, -0.25) is 9.59 Å². The molecule has 0 saturated heterocycles. The number of amides is 2. The number of hydrazine groups is 1. The number of amidine groups is 1. The number of nitrogens with zero attached hydrogens (tertiary/aromatic N) is 3. The molecule has 11 heteroatoms. The highest BCUT2D eigenvalue weighted by Crippen LogP contribution is 2.12. The maximum absolute atomic E-state index is 12.5. The molecule has 2 aromatic carbocycles. The summed E-state index contributed by atoms with van der Waals surface area (Å²) in [6, 6.07) is 15.8. The first-order valence-electron chi connectivity index (χ1n) is 9.89. The van der Waals surface area contributed by atoms with Gasteiger partial charge in [-0.15, -0.1) is 0 Å². The van der Waals surface area contributed by atoms with E-state index in [1.54, 1.807) is 31.4 Å². The zero-order valence-electron chi connectivity index (χ0n) is 17.9.